The molecule has 1 N–H and O–H groups in total. The molecule has 6 heteroatoms. The van der Waals surface area contributed by atoms with Crippen LogP contribution >= 0.6 is 0 Å². The number of nitrogens with zero attached hydrogens (tertiary/aromatic N) is 3. The van der Waals surface area contributed by atoms with Crippen LogP contribution in [0, 0.1) is 0 Å². The maximum Gasteiger partial charge on any atom is 0.329 e. The molecule has 3 heterocycles. The van der Waals surface area contributed by atoms with Gasteiger partial charge in [-0.05, 0) is 18.4 Å². The van der Waals surface area contributed by atoms with Crippen LogP contribution in [-0.2, 0) is 13.6 Å². The second kappa shape index (κ2) is 4.69. The lowest BCUT2D eigenvalue weighted by Crippen LogP contribution is -2.29. The van der Waals surface area contributed by atoms with Gasteiger partial charge in [0.25, 0.3) is 5.56 Å². The summed E-state index contributed by atoms with van der Waals surface area (Å²) in [6.07, 6.45) is 1.99. The van der Waals surface area contributed by atoms with Crippen LogP contribution in [-0.4, -0.2) is 19.1 Å². The Labute approximate surface area is 126 Å². The fourth-order valence-electron chi connectivity index (χ4n) is 3.33. The Morgan fingerprint density at radius 1 is 1.23 bits per heavy atom. The van der Waals surface area contributed by atoms with E-state index < -0.39 is 5.69 Å². The van der Waals surface area contributed by atoms with Gasteiger partial charge in [-0.3, -0.25) is 14.3 Å². The third-order valence-electron chi connectivity index (χ3n) is 4.42. The van der Waals surface area contributed by atoms with E-state index in [9.17, 15) is 9.59 Å². The van der Waals surface area contributed by atoms with Gasteiger partial charge in [-0.25, -0.2) is 9.78 Å². The van der Waals surface area contributed by atoms with Crippen molar-refractivity contribution in [2.24, 2.45) is 7.05 Å². The summed E-state index contributed by atoms with van der Waals surface area (Å²) >= 11 is 0. The summed E-state index contributed by atoms with van der Waals surface area (Å²) in [6, 6.07) is 10.2. The number of hydrogen-bond acceptors (Lipinski definition) is 3. The van der Waals surface area contributed by atoms with Crippen LogP contribution in [0.25, 0.3) is 11.2 Å². The standard InChI is InChI=1S/C16H16N4O2/c1-19-14-12(15(21)18-16(19)22)20-9-5-8-11(13(20)17-14)10-6-3-2-4-7-10/h2-4,6-7,11H,5,8-9H2,1H3,(H,18,21,22)/t11-/m0/s1. The zero-order valence-corrected chi connectivity index (χ0v) is 12.2. The molecule has 0 amide bonds. The molecule has 1 atom stereocenters. The van der Waals surface area contributed by atoms with Gasteiger partial charge in [0.15, 0.2) is 11.2 Å². The Hall–Kier alpha value is -2.63. The normalized spacial score (nSPS) is 17.6. The predicted molar refractivity (Wildman–Crippen MR) is 83.1 cm³/mol. The van der Waals surface area contributed by atoms with E-state index in [1.54, 1.807) is 7.05 Å². The third-order valence-corrected chi connectivity index (χ3v) is 4.42. The number of aromatic nitrogens is 4. The fraction of sp³-hybridized carbons (Fsp3) is 0.312. The topological polar surface area (TPSA) is 72.7 Å². The molecule has 1 aliphatic heterocycles. The first-order chi connectivity index (χ1) is 10.7. The highest BCUT2D eigenvalue weighted by Gasteiger charge is 2.27. The third kappa shape index (κ3) is 1.76. The number of hydrogen-bond donors (Lipinski definition) is 1. The molecule has 4 rings (SSSR count). The van der Waals surface area contributed by atoms with Crippen LogP contribution in [0.15, 0.2) is 39.9 Å². The number of aryl methyl sites for hydroxylation is 2. The van der Waals surface area contributed by atoms with Crippen molar-refractivity contribution < 1.29 is 0 Å². The molecule has 0 radical (unpaired) electrons. The highest BCUT2D eigenvalue weighted by molar-refractivity contribution is 5.71. The Morgan fingerprint density at radius 3 is 2.77 bits per heavy atom. The van der Waals surface area contributed by atoms with Crippen LogP contribution in [0.4, 0.5) is 0 Å². The summed E-state index contributed by atoms with van der Waals surface area (Å²) in [7, 11) is 1.64. The first-order valence-electron chi connectivity index (χ1n) is 7.41. The number of aromatic amines is 1. The van der Waals surface area contributed by atoms with Gasteiger partial charge in [0.1, 0.15) is 5.82 Å². The lowest BCUT2D eigenvalue weighted by atomic mass is 9.91. The zero-order chi connectivity index (χ0) is 15.3. The fourth-order valence-corrected chi connectivity index (χ4v) is 3.33. The maximum atomic E-state index is 12.2. The molecule has 0 fully saturated rings. The second-order valence-corrected chi connectivity index (χ2v) is 5.72. The Kier molecular flexibility index (Phi) is 2.79. The van der Waals surface area contributed by atoms with Gasteiger partial charge in [0, 0.05) is 19.5 Å². The minimum Gasteiger partial charge on any atom is -0.322 e. The van der Waals surface area contributed by atoms with Crippen LogP contribution in [0.5, 0.6) is 0 Å². The minimum atomic E-state index is -0.427. The lowest BCUT2D eigenvalue weighted by molar-refractivity contribution is 0.488. The quantitative estimate of drug-likeness (QED) is 0.736. The lowest BCUT2D eigenvalue weighted by Gasteiger charge is -2.23. The molecule has 22 heavy (non-hydrogen) atoms. The van der Waals surface area contributed by atoms with E-state index in [0.717, 1.165) is 25.2 Å². The number of benzene rings is 1. The minimum absolute atomic E-state index is 0.164. The van der Waals surface area contributed by atoms with Crippen LogP contribution in [0.3, 0.4) is 0 Å². The van der Waals surface area contributed by atoms with Crippen LogP contribution in [0.1, 0.15) is 30.1 Å². The molecule has 0 aliphatic carbocycles. The summed E-state index contributed by atoms with van der Waals surface area (Å²) in [5.41, 5.74) is 1.37. The molecular weight excluding hydrogens is 280 g/mol. The summed E-state index contributed by atoms with van der Waals surface area (Å²) in [4.78, 5) is 31.0. The van der Waals surface area contributed by atoms with Gasteiger partial charge in [-0.15, -0.1) is 0 Å². The number of fused-ring (bicyclic) bond motifs is 3. The van der Waals surface area contributed by atoms with Gasteiger partial charge in [-0.2, -0.15) is 0 Å². The smallest absolute Gasteiger partial charge is 0.322 e. The number of nitrogens with one attached hydrogen (secondary N) is 1. The molecular formula is C16H16N4O2. The van der Waals surface area contributed by atoms with Crippen molar-refractivity contribution in [3.05, 3.63) is 62.6 Å². The Balaban J connectivity index is 2.03. The van der Waals surface area contributed by atoms with E-state index in [-0.39, 0.29) is 11.5 Å². The van der Waals surface area contributed by atoms with Crippen molar-refractivity contribution in [1.29, 1.82) is 0 Å². The summed E-state index contributed by atoms with van der Waals surface area (Å²) in [6.45, 7) is 0.760. The second-order valence-electron chi connectivity index (χ2n) is 5.72. The highest BCUT2D eigenvalue weighted by Crippen LogP contribution is 2.34. The monoisotopic (exact) mass is 296 g/mol. The first-order valence-corrected chi connectivity index (χ1v) is 7.41. The summed E-state index contributed by atoms with van der Waals surface area (Å²) in [5.74, 6) is 1.04. The number of rotatable bonds is 1. The molecule has 1 aliphatic rings. The van der Waals surface area contributed by atoms with Crippen molar-refractivity contribution in [3.63, 3.8) is 0 Å². The molecule has 2 aromatic heterocycles. The van der Waals surface area contributed by atoms with E-state index in [2.05, 4.69) is 22.1 Å². The van der Waals surface area contributed by atoms with Gasteiger partial charge in [-0.1, -0.05) is 30.3 Å². The van der Waals surface area contributed by atoms with Gasteiger partial charge in [0.05, 0.1) is 0 Å². The average Bonchev–Trinajstić information content (AvgIpc) is 2.93. The highest BCUT2D eigenvalue weighted by atomic mass is 16.2. The van der Waals surface area contributed by atoms with Crippen molar-refractivity contribution in [2.75, 3.05) is 0 Å². The molecule has 0 unspecified atom stereocenters. The number of imidazole rings is 1. The van der Waals surface area contributed by atoms with E-state index in [1.165, 1.54) is 10.1 Å². The van der Waals surface area contributed by atoms with Crippen molar-refractivity contribution in [1.82, 2.24) is 19.1 Å². The largest absolute Gasteiger partial charge is 0.329 e. The van der Waals surface area contributed by atoms with Gasteiger partial charge in [0.2, 0.25) is 0 Å². The molecule has 0 bridgehead atoms. The van der Waals surface area contributed by atoms with Crippen LogP contribution < -0.4 is 11.2 Å². The maximum absolute atomic E-state index is 12.2. The number of H-pyrrole nitrogens is 1. The molecule has 1 aromatic carbocycles. The molecule has 3 aromatic rings. The molecule has 112 valence electrons. The predicted octanol–water partition coefficient (Wildman–Crippen LogP) is 1.35. The summed E-state index contributed by atoms with van der Waals surface area (Å²) < 4.78 is 3.37. The molecule has 0 spiro atoms. The van der Waals surface area contributed by atoms with Gasteiger partial charge < -0.3 is 4.57 Å². The Bertz CT molecular complexity index is 965. The van der Waals surface area contributed by atoms with E-state index >= 15 is 0 Å². The van der Waals surface area contributed by atoms with Crippen LogP contribution in [0.2, 0.25) is 0 Å². The zero-order valence-electron chi connectivity index (χ0n) is 12.2. The molecule has 6 nitrogen and oxygen atoms in total. The van der Waals surface area contributed by atoms with Crippen molar-refractivity contribution in [3.8, 4) is 0 Å². The van der Waals surface area contributed by atoms with Crippen molar-refractivity contribution in [2.45, 2.75) is 25.3 Å². The van der Waals surface area contributed by atoms with Gasteiger partial charge >= 0.3 is 5.69 Å². The van der Waals surface area contributed by atoms with Crippen molar-refractivity contribution >= 4 is 11.2 Å². The van der Waals surface area contributed by atoms with E-state index in [4.69, 9.17) is 0 Å². The average molecular weight is 296 g/mol. The SMILES string of the molecule is Cn1c(=O)[nH]c(=O)c2c1nc1n2CCC[C@H]1c1ccccc1. The summed E-state index contributed by atoms with van der Waals surface area (Å²) in [5, 5.41) is 0. The molecule has 0 saturated carbocycles. The first kappa shape index (κ1) is 13.1. The Morgan fingerprint density at radius 2 is 2.00 bits per heavy atom. The molecule has 0 saturated heterocycles. The van der Waals surface area contributed by atoms with E-state index in [1.807, 2.05) is 22.8 Å². The van der Waals surface area contributed by atoms with E-state index in [0.29, 0.717) is 11.2 Å².